The van der Waals surface area contributed by atoms with E-state index in [2.05, 4.69) is 20.5 Å². The van der Waals surface area contributed by atoms with E-state index in [1.54, 1.807) is 18.3 Å². The number of hydrogen-bond acceptors (Lipinski definition) is 5. The van der Waals surface area contributed by atoms with Gasteiger partial charge in [-0.05, 0) is 57.4 Å². The van der Waals surface area contributed by atoms with Crippen LogP contribution in [0.25, 0.3) is 0 Å². The van der Waals surface area contributed by atoms with Gasteiger partial charge in [0.2, 0.25) is 0 Å². The van der Waals surface area contributed by atoms with Gasteiger partial charge >= 0.3 is 0 Å². The number of carbonyl (C=O) groups excluding carboxylic acids is 1. The van der Waals surface area contributed by atoms with E-state index in [-0.39, 0.29) is 11.4 Å². The quantitative estimate of drug-likeness (QED) is 0.459. The molecule has 6 nitrogen and oxygen atoms in total. The third kappa shape index (κ3) is 6.21. The minimum absolute atomic E-state index is 0.0282. The summed E-state index contributed by atoms with van der Waals surface area (Å²) >= 11 is 0. The lowest BCUT2D eigenvalue weighted by Gasteiger charge is -2.12. The van der Waals surface area contributed by atoms with Crippen molar-refractivity contribution in [3.63, 3.8) is 0 Å². The van der Waals surface area contributed by atoms with Crippen LogP contribution < -0.4 is 15.4 Å². The number of amides is 1. The van der Waals surface area contributed by atoms with Gasteiger partial charge in [-0.25, -0.2) is 18.2 Å². The first-order valence-corrected chi connectivity index (χ1v) is 9.91. The molecule has 0 atom stereocenters. The number of pyridine rings is 1. The Bertz CT molecular complexity index is 1070. The molecule has 0 saturated heterocycles. The second kappa shape index (κ2) is 10.6. The van der Waals surface area contributed by atoms with Crippen molar-refractivity contribution in [2.24, 2.45) is 0 Å². The lowest BCUT2D eigenvalue weighted by atomic mass is 10.1. The molecule has 0 radical (unpaired) electrons. The minimum Gasteiger partial charge on any atom is -0.454 e. The molecule has 1 amide bonds. The number of benzene rings is 2. The predicted molar refractivity (Wildman–Crippen MR) is 117 cm³/mol. The third-order valence-electron chi connectivity index (χ3n) is 4.43. The number of nitrogens with one attached hydrogen (secondary N) is 2. The van der Waals surface area contributed by atoms with Crippen LogP contribution in [0, 0.1) is 17.5 Å². The average Bonchev–Trinajstić information content (AvgIpc) is 2.73. The fourth-order valence-electron chi connectivity index (χ4n) is 2.88. The van der Waals surface area contributed by atoms with Gasteiger partial charge in [0.1, 0.15) is 28.8 Å². The Balaban J connectivity index is 1.64. The van der Waals surface area contributed by atoms with Crippen molar-refractivity contribution >= 4 is 17.4 Å². The van der Waals surface area contributed by atoms with Crippen LogP contribution >= 0.6 is 0 Å². The van der Waals surface area contributed by atoms with Crippen molar-refractivity contribution < 1.29 is 22.7 Å². The van der Waals surface area contributed by atoms with Crippen molar-refractivity contribution in [1.29, 1.82) is 0 Å². The first kappa shape index (κ1) is 23.1. The number of ether oxygens (including phenoxy) is 1. The number of halogens is 3. The van der Waals surface area contributed by atoms with Crippen LogP contribution in [0.15, 0.2) is 54.7 Å². The molecule has 168 valence electrons. The summed E-state index contributed by atoms with van der Waals surface area (Å²) in [6.07, 6.45) is 2.47. The maximum absolute atomic E-state index is 14.5. The summed E-state index contributed by atoms with van der Waals surface area (Å²) in [4.78, 5) is 18.4. The highest BCUT2D eigenvalue weighted by atomic mass is 19.1. The van der Waals surface area contributed by atoms with E-state index in [9.17, 15) is 18.0 Å². The van der Waals surface area contributed by atoms with Crippen LogP contribution in [-0.4, -0.2) is 43.0 Å². The van der Waals surface area contributed by atoms with Crippen molar-refractivity contribution in [1.82, 2.24) is 9.88 Å². The average molecular weight is 444 g/mol. The van der Waals surface area contributed by atoms with Gasteiger partial charge in [0, 0.05) is 30.6 Å². The molecule has 0 aliphatic heterocycles. The second-order valence-electron chi connectivity index (χ2n) is 7.26. The Morgan fingerprint density at radius 1 is 1.03 bits per heavy atom. The maximum Gasteiger partial charge on any atom is 0.261 e. The topological polar surface area (TPSA) is 66.5 Å². The van der Waals surface area contributed by atoms with Gasteiger partial charge in [-0.1, -0.05) is 6.07 Å². The first-order valence-electron chi connectivity index (χ1n) is 9.91. The van der Waals surface area contributed by atoms with Crippen LogP contribution in [0.4, 0.5) is 24.7 Å². The molecule has 2 aromatic carbocycles. The SMILES string of the molecule is CN(C)CCCNc1cc(Oc2ccc(NC(=O)c3c(F)cccc3F)cc2F)ccn1. The Morgan fingerprint density at radius 3 is 2.47 bits per heavy atom. The van der Waals surface area contributed by atoms with E-state index in [0.29, 0.717) is 11.6 Å². The molecule has 0 unspecified atom stereocenters. The van der Waals surface area contributed by atoms with Crippen molar-refractivity contribution in [3.05, 3.63) is 77.7 Å². The van der Waals surface area contributed by atoms with Gasteiger partial charge in [0.25, 0.3) is 5.91 Å². The van der Waals surface area contributed by atoms with Crippen LogP contribution in [0.1, 0.15) is 16.8 Å². The molecule has 32 heavy (non-hydrogen) atoms. The zero-order valence-electron chi connectivity index (χ0n) is 17.7. The molecule has 1 aromatic heterocycles. The van der Waals surface area contributed by atoms with Crippen LogP contribution in [0.2, 0.25) is 0 Å². The number of aromatic nitrogens is 1. The van der Waals surface area contributed by atoms with Crippen LogP contribution in [0.3, 0.4) is 0 Å². The van der Waals surface area contributed by atoms with E-state index in [1.165, 1.54) is 12.1 Å². The Hall–Kier alpha value is -3.59. The zero-order valence-corrected chi connectivity index (χ0v) is 17.7. The van der Waals surface area contributed by atoms with Gasteiger partial charge < -0.3 is 20.3 Å². The van der Waals surface area contributed by atoms with Crippen molar-refractivity contribution in [2.75, 3.05) is 37.8 Å². The second-order valence-corrected chi connectivity index (χ2v) is 7.26. The summed E-state index contributed by atoms with van der Waals surface area (Å²) in [7, 11) is 3.99. The number of hydrogen-bond donors (Lipinski definition) is 2. The summed E-state index contributed by atoms with van der Waals surface area (Å²) in [5.41, 5.74) is -0.712. The van der Waals surface area contributed by atoms with Crippen LogP contribution in [-0.2, 0) is 0 Å². The largest absolute Gasteiger partial charge is 0.454 e. The molecule has 0 spiro atoms. The first-order chi connectivity index (χ1) is 15.3. The van der Waals surface area contributed by atoms with Gasteiger partial charge in [-0.15, -0.1) is 0 Å². The normalized spacial score (nSPS) is 10.8. The molecule has 0 aliphatic carbocycles. The van der Waals surface area contributed by atoms with E-state index < -0.39 is 28.9 Å². The number of nitrogens with zero attached hydrogens (tertiary/aromatic N) is 2. The number of rotatable bonds is 9. The molecular weight excluding hydrogens is 421 g/mol. The van der Waals surface area contributed by atoms with E-state index in [0.717, 1.165) is 43.8 Å². The van der Waals surface area contributed by atoms with Crippen molar-refractivity contribution in [2.45, 2.75) is 6.42 Å². The lowest BCUT2D eigenvalue weighted by molar-refractivity contribution is 0.101. The molecule has 0 fully saturated rings. The highest BCUT2D eigenvalue weighted by Gasteiger charge is 2.18. The third-order valence-corrected chi connectivity index (χ3v) is 4.43. The molecule has 9 heteroatoms. The highest BCUT2D eigenvalue weighted by Crippen LogP contribution is 2.28. The maximum atomic E-state index is 14.5. The summed E-state index contributed by atoms with van der Waals surface area (Å²) in [5, 5.41) is 5.46. The fourth-order valence-corrected chi connectivity index (χ4v) is 2.88. The molecule has 0 saturated carbocycles. The molecule has 2 N–H and O–H groups in total. The van der Waals surface area contributed by atoms with Gasteiger partial charge in [-0.2, -0.15) is 0 Å². The predicted octanol–water partition coefficient (Wildman–Crippen LogP) is 4.91. The van der Waals surface area contributed by atoms with Gasteiger partial charge in [0.05, 0.1) is 0 Å². The van der Waals surface area contributed by atoms with E-state index in [1.807, 2.05) is 14.1 Å². The van der Waals surface area contributed by atoms with Crippen molar-refractivity contribution in [3.8, 4) is 11.5 Å². The minimum atomic E-state index is -1.02. The summed E-state index contributed by atoms with van der Waals surface area (Å²) in [6, 6.07) is 10.0. The number of anilines is 2. The standard InChI is InChI=1S/C23H23F3N4O2/c1-30(2)12-4-10-27-21-14-16(9-11-28-21)32-20-8-7-15(13-19(20)26)29-23(31)22-17(24)5-3-6-18(22)25/h3,5-9,11,13-14H,4,10,12H2,1-2H3,(H,27,28)(H,29,31). The monoisotopic (exact) mass is 444 g/mol. The molecule has 3 rings (SSSR count). The number of carbonyl (C=O) groups is 1. The van der Waals surface area contributed by atoms with E-state index >= 15 is 0 Å². The molecular formula is C23H23F3N4O2. The Kier molecular flexibility index (Phi) is 7.67. The van der Waals surface area contributed by atoms with Gasteiger partial charge in [0.15, 0.2) is 11.6 Å². The summed E-state index contributed by atoms with van der Waals surface area (Å²) in [5.74, 6) is -2.90. The van der Waals surface area contributed by atoms with Gasteiger partial charge in [-0.3, -0.25) is 4.79 Å². The smallest absolute Gasteiger partial charge is 0.261 e. The van der Waals surface area contributed by atoms with Crippen LogP contribution in [0.5, 0.6) is 11.5 Å². The lowest BCUT2D eigenvalue weighted by Crippen LogP contribution is -2.16. The molecule has 0 aliphatic rings. The Morgan fingerprint density at radius 2 is 1.78 bits per heavy atom. The zero-order chi connectivity index (χ0) is 23.1. The van der Waals surface area contributed by atoms with E-state index in [4.69, 9.17) is 4.74 Å². The molecule has 3 aromatic rings. The summed E-state index contributed by atoms with van der Waals surface area (Å²) in [6.45, 7) is 1.65. The highest BCUT2D eigenvalue weighted by molar-refractivity contribution is 6.04. The molecule has 1 heterocycles. The fraction of sp³-hybridized carbons (Fsp3) is 0.217. The summed E-state index contributed by atoms with van der Waals surface area (Å²) < 4.78 is 47.6. The Labute approximate surface area is 184 Å². The molecule has 0 bridgehead atoms.